The fraction of sp³-hybridized carbons (Fsp3) is 0.286. The number of aldehydes is 1. The van der Waals surface area contributed by atoms with Gasteiger partial charge < -0.3 is 14.0 Å². The SMILES string of the molecule is CCn1cncc1COc1ccc(OC)cc1C=O. The van der Waals surface area contributed by atoms with E-state index in [-0.39, 0.29) is 0 Å². The maximum atomic E-state index is 11.0. The Morgan fingerprint density at radius 3 is 2.95 bits per heavy atom. The summed E-state index contributed by atoms with van der Waals surface area (Å²) in [6, 6.07) is 5.15. The minimum Gasteiger partial charge on any atom is -0.497 e. The van der Waals surface area contributed by atoms with Gasteiger partial charge in [0.1, 0.15) is 18.1 Å². The molecule has 0 spiro atoms. The van der Waals surface area contributed by atoms with Crippen molar-refractivity contribution in [2.75, 3.05) is 7.11 Å². The average molecular weight is 260 g/mol. The number of ether oxygens (including phenoxy) is 2. The second-order valence-corrected chi connectivity index (χ2v) is 3.98. The molecule has 0 saturated heterocycles. The maximum absolute atomic E-state index is 11.0. The number of carbonyl (C=O) groups excluding carboxylic acids is 1. The van der Waals surface area contributed by atoms with Gasteiger partial charge in [-0.05, 0) is 25.1 Å². The molecule has 0 atom stereocenters. The largest absolute Gasteiger partial charge is 0.497 e. The van der Waals surface area contributed by atoms with E-state index >= 15 is 0 Å². The van der Waals surface area contributed by atoms with Crippen molar-refractivity contribution in [2.45, 2.75) is 20.1 Å². The first kappa shape index (κ1) is 13.1. The molecule has 2 rings (SSSR count). The van der Waals surface area contributed by atoms with Crippen LogP contribution in [0.2, 0.25) is 0 Å². The first-order valence-electron chi connectivity index (χ1n) is 6.03. The lowest BCUT2D eigenvalue weighted by molar-refractivity contribution is 0.111. The Bertz CT molecular complexity index is 564. The van der Waals surface area contributed by atoms with Gasteiger partial charge >= 0.3 is 0 Å². The monoisotopic (exact) mass is 260 g/mol. The first-order valence-corrected chi connectivity index (χ1v) is 6.03. The fourth-order valence-electron chi connectivity index (χ4n) is 1.78. The number of aromatic nitrogens is 2. The van der Waals surface area contributed by atoms with Gasteiger partial charge in [0.05, 0.1) is 30.9 Å². The number of aryl methyl sites for hydroxylation is 1. The molecule has 5 heteroatoms. The number of hydrogen-bond acceptors (Lipinski definition) is 4. The molecular formula is C14H16N2O3. The van der Waals surface area contributed by atoms with Crippen LogP contribution in [0.15, 0.2) is 30.7 Å². The third kappa shape index (κ3) is 2.93. The van der Waals surface area contributed by atoms with E-state index in [1.165, 1.54) is 0 Å². The zero-order chi connectivity index (χ0) is 13.7. The molecule has 19 heavy (non-hydrogen) atoms. The molecular weight excluding hydrogens is 244 g/mol. The normalized spacial score (nSPS) is 10.2. The van der Waals surface area contributed by atoms with E-state index in [1.807, 2.05) is 11.5 Å². The van der Waals surface area contributed by atoms with Gasteiger partial charge in [-0.3, -0.25) is 4.79 Å². The van der Waals surface area contributed by atoms with E-state index in [1.54, 1.807) is 37.8 Å². The lowest BCUT2D eigenvalue weighted by Crippen LogP contribution is -2.04. The quantitative estimate of drug-likeness (QED) is 0.748. The molecule has 5 nitrogen and oxygen atoms in total. The van der Waals surface area contributed by atoms with Crippen molar-refractivity contribution >= 4 is 6.29 Å². The van der Waals surface area contributed by atoms with E-state index in [9.17, 15) is 4.79 Å². The fourth-order valence-corrected chi connectivity index (χ4v) is 1.78. The summed E-state index contributed by atoms with van der Waals surface area (Å²) in [6.45, 7) is 3.25. The Labute approximate surface area is 111 Å². The van der Waals surface area contributed by atoms with Gasteiger partial charge in [-0.15, -0.1) is 0 Å². The number of carbonyl (C=O) groups is 1. The number of hydrogen-bond donors (Lipinski definition) is 0. The van der Waals surface area contributed by atoms with Gasteiger partial charge in [0.25, 0.3) is 0 Å². The minimum atomic E-state index is 0.376. The Hall–Kier alpha value is -2.30. The molecule has 0 aliphatic heterocycles. The lowest BCUT2D eigenvalue weighted by Gasteiger charge is -2.10. The van der Waals surface area contributed by atoms with E-state index in [0.717, 1.165) is 18.5 Å². The molecule has 1 aromatic carbocycles. The van der Waals surface area contributed by atoms with Crippen molar-refractivity contribution in [3.63, 3.8) is 0 Å². The molecule has 0 aliphatic carbocycles. The molecule has 0 saturated carbocycles. The molecule has 0 fully saturated rings. The average Bonchev–Trinajstić information content (AvgIpc) is 2.92. The molecule has 0 bridgehead atoms. The Morgan fingerprint density at radius 2 is 2.26 bits per heavy atom. The number of nitrogens with zero attached hydrogens (tertiary/aromatic N) is 2. The van der Waals surface area contributed by atoms with Gasteiger partial charge in [0.2, 0.25) is 0 Å². The van der Waals surface area contributed by atoms with Crippen LogP contribution >= 0.6 is 0 Å². The van der Waals surface area contributed by atoms with E-state index in [2.05, 4.69) is 4.98 Å². The van der Waals surface area contributed by atoms with Crippen LogP contribution in [-0.4, -0.2) is 22.9 Å². The highest BCUT2D eigenvalue weighted by atomic mass is 16.5. The van der Waals surface area contributed by atoms with Crippen LogP contribution in [0.25, 0.3) is 0 Å². The molecule has 0 amide bonds. The zero-order valence-corrected chi connectivity index (χ0v) is 11.0. The van der Waals surface area contributed by atoms with Crippen LogP contribution in [0.4, 0.5) is 0 Å². The molecule has 1 heterocycles. The van der Waals surface area contributed by atoms with Crippen molar-refractivity contribution in [1.29, 1.82) is 0 Å². The lowest BCUT2D eigenvalue weighted by atomic mass is 10.2. The highest BCUT2D eigenvalue weighted by Crippen LogP contribution is 2.23. The number of methoxy groups -OCH3 is 1. The van der Waals surface area contributed by atoms with Gasteiger partial charge in [-0.25, -0.2) is 4.98 Å². The van der Waals surface area contributed by atoms with Crippen LogP contribution < -0.4 is 9.47 Å². The third-order valence-electron chi connectivity index (χ3n) is 2.86. The van der Waals surface area contributed by atoms with Crippen LogP contribution in [0.3, 0.4) is 0 Å². The van der Waals surface area contributed by atoms with Gasteiger partial charge in [-0.2, -0.15) is 0 Å². The molecule has 0 unspecified atom stereocenters. The Kier molecular flexibility index (Phi) is 4.18. The highest BCUT2D eigenvalue weighted by Gasteiger charge is 2.07. The molecule has 2 aromatic rings. The maximum Gasteiger partial charge on any atom is 0.153 e. The van der Waals surface area contributed by atoms with Crippen LogP contribution in [0, 0.1) is 0 Å². The summed E-state index contributed by atoms with van der Waals surface area (Å²) in [5, 5.41) is 0. The third-order valence-corrected chi connectivity index (χ3v) is 2.86. The van der Waals surface area contributed by atoms with Gasteiger partial charge in [0, 0.05) is 6.54 Å². The van der Waals surface area contributed by atoms with E-state index in [4.69, 9.17) is 9.47 Å². The zero-order valence-electron chi connectivity index (χ0n) is 11.0. The number of rotatable bonds is 6. The standard InChI is InChI=1S/C14H16N2O3/c1-3-16-10-15-7-12(16)9-19-14-5-4-13(18-2)6-11(14)8-17/h4-8,10H,3,9H2,1-2H3. The molecule has 1 aromatic heterocycles. The second kappa shape index (κ2) is 6.04. The summed E-state index contributed by atoms with van der Waals surface area (Å²) < 4.78 is 12.7. The van der Waals surface area contributed by atoms with Crippen LogP contribution in [0.1, 0.15) is 23.0 Å². The number of benzene rings is 1. The highest BCUT2D eigenvalue weighted by molar-refractivity contribution is 5.80. The Morgan fingerprint density at radius 1 is 1.42 bits per heavy atom. The van der Waals surface area contributed by atoms with Crippen molar-refractivity contribution in [2.24, 2.45) is 0 Å². The van der Waals surface area contributed by atoms with Crippen molar-refractivity contribution in [3.05, 3.63) is 42.0 Å². The first-order chi connectivity index (χ1) is 9.28. The van der Waals surface area contributed by atoms with Gasteiger partial charge in [-0.1, -0.05) is 0 Å². The molecule has 0 N–H and O–H groups in total. The summed E-state index contributed by atoms with van der Waals surface area (Å²) >= 11 is 0. The van der Waals surface area contributed by atoms with Crippen molar-refractivity contribution in [1.82, 2.24) is 9.55 Å². The predicted octanol–water partition coefficient (Wildman–Crippen LogP) is 2.30. The molecule has 0 radical (unpaired) electrons. The second-order valence-electron chi connectivity index (χ2n) is 3.98. The number of imidazole rings is 1. The Balaban J connectivity index is 2.13. The smallest absolute Gasteiger partial charge is 0.153 e. The summed E-state index contributed by atoms with van der Waals surface area (Å²) in [4.78, 5) is 15.1. The topological polar surface area (TPSA) is 53.4 Å². The summed E-state index contributed by atoms with van der Waals surface area (Å²) in [5.41, 5.74) is 1.44. The molecule has 0 aliphatic rings. The molecule has 100 valence electrons. The van der Waals surface area contributed by atoms with Crippen LogP contribution in [0.5, 0.6) is 11.5 Å². The van der Waals surface area contributed by atoms with E-state index in [0.29, 0.717) is 23.7 Å². The predicted molar refractivity (Wildman–Crippen MR) is 70.6 cm³/mol. The summed E-state index contributed by atoms with van der Waals surface area (Å²) in [5.74, 6) is 1.17. The van der Waals surface area contributed by atoms with Crippen LogP contribution in [-0.2, 0) is 13.2 Å². The van der Waals surface area contributed by atoms with Crippen molar-refractivity contribution < 1.29 is 14.3 Å². The summed E-state index contributed by atoms with van der Waals surface area (Å²) in [7, 11) is 1.56. The van der Waals surface area contributed by atoms with Crippen molar-refractivity contribution in [3.8, 4) is 11.5 Å². The van der Waals surface area contributed by atoms with Gasteiger partial charge in [0.15, 0.2) is 6.29 Å². The summed E-state index contributed by atoms with van der Waals surface area (Å²) in [6.07, 6.45) is 4.27. The minimum absolute atomic E-state index is 0.376. The van der Waals surface area contributed by atoms with E-state index < -0.39 is 0 Å².